The summed E-state index contributed by atoms with van der Waals surface area (Å²) in [7, 11) is 3.14. The van der Waals surface area contributed by atoms with Gasteiger partial charge in [0.25, 0.3) is 0 Å². The largest absolute Gasteiger partial charge is 0.493 e. The monoisotopic (exact) mass is 463 g/mol. The van der Waals surface area contributed by atoms with Crippen LogP contribution in [-0.4, -0.2) is 62.3 Å². The number of primary amides is 1. The van der Waals surface area contributed by atoms with Crippen molar-refractivity contribution in [2.24, 2.45) is 5.73 Å². The first-order chi connectivity index (χ1) is 16.4. The van der Waals surface area contributed by atoms with Crippen LogP contribution in [0.4, 0.5) is 4.79 Å². The molecule has 176 valence electrons. The van der Waals surface area contributed by atoms with Gasteiger partial charge in [-0.25, -0.2) is 4.79 Å². The quantitative estimate of drug-likeness (QED) is 0.632. The number of nitrogens with zero attached hydrogens (tertiary/aromatic N) is 2. The normalized spacial score (nSPS) is 19.6. The van der Waals surface area contributed by atoms with Crippen molar-refractivity contribution in [3.63, 3.8) is 0 Å². The molecule has 0 bridgehead atoms. The molecule has 1 saturated heterocycles. The molecule has 1 aromatic heterocycles. The lowest BCUT2D eigenvalue weighted by atomic mass is 9.90. The summed E-state index contributed by atoms with van der Waals surface area (Å²) in [5, 5.41) is 1.66. The second-order valence-electron chi connectivity index (χ2n) is 8.51. The minimum absolute atomic E-state index is 0.0125. The van der Waals surface area contributed by atoms with Gasteiger partial charge in [-0.2, -0.15) is 0 Å². The van der Waals surface area contributed by atoms with Crippen molar-refractivity contribution in [1.82, 2.24) is 9.88 Å². The molecule has 2 aliphatic rings. The van der Waals surface area contributed by atoms with Crippen LogP contribution in [0.15, 0.2) is 36.5 Å². The Balaban J connectivity index is 1.68. The van der Waals surface area contributed by atoms with Gasteiger partial charge in [-0.3, -0.25) is 9.78 Å². The van der Waals surface area contributed by atoms with E-state index in [-0.39, 0.29) is 19.0 Å². The average molecular weight is 463 g/mol. The van der Waals surface area contributed by atoms with Gasteiger partial charge in [0.05, 0.1) is 38.7 Å². The van der Waals surface area contributed by atoms with Crippen LogP contribution < -0.4 is 19.9 Å². The van der Waals surface area contributed by atoms with Gasteiger partial charge in [0.1, 0.15) is 11.3 Å². The fourth-order valence-corrected chi connectivity index (χ4v) is 4.79. The van der Waals surface area contributed by atoms with Crippen LogP contribution in [0.3, 0.4) is 0 Å². The number of rotatable bonds is 4. The number of nitrogens with two attached hydrogens (primary N) is 1. The second-order valence-corrected chi connectivity index (χ2v) is 8.51. The highest BCUT2D eigenvalue weighted by molar-refractivity contribution is 6.15. The Hall–Kier alpha value is -3.85. The third kappa shape index (κ3) is 3.31. The van der Waals surface area contributed by atoms with Crippen molar-refractivity contribution in [1.29, 1.82) is 0 Å². The number of methoxy groups -OCH3 is 2. The van der Waals surface area contributed by atoms with E-state index in [1.807, 2.05) is 37.3 Å². The molecule has 9 heteroatoms. The number of Topliss-reactive ketones (excluding diaryl/α,β-unsaturated/α-hetero) is 1. The molecular formula is C25H25N3O6. The molecule has 1 unspecified atom stereocenters. The summed E-state index contributed by atoms with van der Waals surface area (Å²) in [6, 6.07) is 8.76. The molecule has 2 amide bonds. The molecule has 3 heterocycles. The van der Waals surface area contributed by atoms with Gasteiger partial charge in [-0.15, -0.1) is 0 Å². The van der Waals surface area contributed by atoms with Gasteiger partial charge in [0, 0.05) is 23.9 Å². The van der Waals surface area contributed by atoms with Crippen LogP contribution in [0.5, 0.6) is 17.2 Å². The number of urea groups is 1. The number of amides is 2. The lowest BCUT2D eigenvalue weighted by Gasteiger charge is -2.43. The minimum Gasteiger partial charge on any atom is -0.493 e. The Morgan fingerprint density at radius 1 is 1.15 bits per heavy atom. The van der Waals surface area contributed by atoms with E-state index in [0.29, 0.717) is 47.2 Å². The Morgan fingerprint density at radius 2 is 1.91 bits per heavy atom. The van der Waals surface area contributed by atoms with Crippen molar-refractivity contribution in [2.75, 3.05) is 40.6 Å². The summed E-state index contributed by atoms with van der Waals surface area (Å²) >= 11 is 0. The first-order valence-electron chi connectivity index (χ1n) is 10.9. The fourth-order valence-electron chi connectivity index (χ4n) is 4.79. The van der Waals surface area contributed by atoms with Gasteiger partial charge in [0.2, 0.25) is 5.78 Å². The number of hydrogen-bond donors (Lipinski definition) is 1. The first kappa shape index (κ1) is 22.0. The van der Waals surface area contributed by atoms with Crippen molar-refractivity contribution in [2.45, 2.75) is 12.5 Å². The molecule has 2 aliphatic heterocycles. The maximum Gasteiger partial charge on any atom is 0.315 e. The molecule has 0 aliphatic carbocycles. The zero-order valence-corrected chi connectivity index (χ0v) is 19.2. The summed E-state index contributed by atoms with van der Waals surface area (Å²) in [4.78, 5) is 31.1. The summed E-state index contributed by atoms with van der Waals surface area (Å²) < 4.78 is 22.3. The third-order valence-electron chi connectivity index (χ3n) is 6.55. The van der Waals surface area contributed by atoms with Gasteiger partial charge < -0.3 is 29.6 Å². The molecule has 0 saturated carbocycles. The predicted molar refractivity (Wildman–Crippen MR) is 125 cm³/mol. The van der Waals surface area contributed by atoms with E-state index in [9.17, 15) is 9.59 Å². The zero-order valence-electron chi connectivity index (χ0n) is 19.2. The number of aromatic nitrogens is 1. The zero-order chi connectivity index (χ0) is 24.0. The van der Waals surface area contributed by atoms with E-state index >= 15 is 0 Å². The van der Waals surface area contributed by atoms with Crippen LogP contribution in [0.1, 0.15) is 23.0 Å². The molecule has 1 atom stereocenters. The Morgan fingerprint density at radius 3 is 2.59 bits per heavy atom. The van der Waals surface area contributed by atoms with Crippen LogP contribution in [-0.2, 0) is 10.3 Å². The van der Waals surface area contributed by atoms with Crippen LogP contribution in [0.25, 0.3) is 21.9 Å². The lowest BCUT2D eigenvalue weighted by molar-refractivity contribution is -0.0399. The smallest absolute Gasteiger partial charge is 0.315 e. The van der Waals surface area contributed by atoms with Gasteiger partial charge in [0.15, 0.2) is 18.1 Å². The Kier molecular flexibility index (Phi) is 5.28. The fraction of sp³-hybridized carbons (Fsp3) is 0.320. The van der Waals surface area contributed by atoms with Crippen LogP contribution in [0.2, 0.25) is 0 Å². The molecule has 2 aromatic carbocycles. The molecule has 2 N–H and O–H groups in total. The van der Waals surface area contributed by atoms with Gasteiger partial charge >= 0.3 is 6.03 Å². The molecule has 0 spiro atoms. The van der Waals surface area contributed by atoms with Crippen LogP contribution >= 0.6 is 0 Å². The van der Waals surface area contributed by atoms with E-state index in [1.165, 1.54) is 0 Å². The van der Waals surface area contributed by atoms with Crippen molar-refractivity contribution >= 4 is 22.6 Å². The number of fused-ring (bicyclic) bond motifs is 2. The number of hydrogen-bond acceptors (Lipinski definition) is 7. The molecule has 9 nitrogen and oxygen atoms in total. The highest BCUT2D eigenvalue weighted by Gasteiger charge is 2.40. The third-order valence-corrected chi connectivity index (χ3v) is 6.55. The SMILES string of the molecule is COc1cc2cc3c(c(-c4ccc(C5(C)COCCN5C(N)=O)nc4)c2cc1OC)C(=O)CO3. The van der Waals surface area contributed by atoms with Gasteiger partial charge in [-0.05, 0) is 42.0 Å². The number of carbonyl (C=O) groups excluding carboxylic acids is 2. The van der Waals surface area contributed by atoms with Crippen molar-refractivity contribution < 1.29 is 28.5 Å². The number of benzene rings is 2. The maximum atomic E-state index is 12.8. The van der Waals surface area contributed by atoms with E-state index in [2.05, 4.69) is 4.98 Å². The predicted octanol–water partition coefficient (Wildman–Crippen LogP) is 3.12. The number of pyridine rings is 1. The second kappa shape index (κ2) is 8.18. The van der Waals surface area contributed by atoms with E-state index in [1.54, 1.807) is 25.3 Å². The molecule has 5 rings (SSSR count). The van der Waals surface area contributed by atoms with E-state index in [0.717, 1.165) is 16.3 Å². The summed E-state index contributed by atoms with van der Waals surface area (Å²) in [6.45, 7) is 2.96. The lowest BCUT2D eigenvalue weighted by Crippen LogP contribution is -2.57. The Bertz CT molecular complexity index is 1310. The molecule has 34 heavy (non-hydrogen) atoms. The number of ether oxygens (including phenoxy) is 4. The summed E-state index contributed by atoms with van der Waals surface area (Å²) in [6.07, 6.45) is 1.70. The van der Waals surface area contributed by atoms with Crippen molar-refractivity contribution in [3.8, 4) is 28.4 Å². The highest BCUT2D eigenvalue weighted by Crippen LogP contribution is 2.44. The maximum absolute atomic E-state index is 12.8. The molecule has 3 aromatic rings. The van der Waals surface area contributed by atoms with Gasteiger partial charge in [-0.1, -0.05) is 6.07 Å². The van der Waals surface area contributed by atoms with E-state index < -0.39 is 11.6 Å². The number of ketones is 1. The topological polar surface area (TPSA) is 113 Å². The standard InChI is InChI=1S/C25H25N3O6/c1-25(13-33-7-6-28(25)24(26)30)21-5-4-14(11-27-21)22-16-10-19(32-3)18(31-2)8-15(16)9-20-23(22)17(29)12-34-20/h4-5,8-11H,6-7,12-13H2,1-3H3,(H2,26,30). The Labute approximate surface area is 196 Å². The van der Waals surface area contributed by atoms with Crippen molar-refractivity contribution in [3.05, 3.63) is 47.8 Å². The molecular weight excluding hydrogens is 438 g/mol. The van der Waals surface area contributed by atoms with E-state index in [4.69, 9.17) is 24.7 Å². The van der Waals surface area contributed by atoms with Crippen LogP contribution in [0, 0.1) is 0 Å². The first-order valence-corrected chi connectivity index (χ1v) is 10.9. The summed E-state index contributed by atoms with van der Waals surface area (Å²) in [5.74, 6) is 1.56. The number of morpholine rings is 1. The average Bonchev–Trinajstić information content (AvgIpc) is 3.21. The minimum atomic E-state index is -0.793. The molecule has 1 fully saturated rings. The summed E-state index contributed by atoms with van der Waals surface area (Å²) in [5.41, 5.74) is 7.44. The number of carbonyl (C=O) groups is 2. The molecule has 0 radical (unpaired) electrons. The highest BCUT2D eigenvalue weighted by atomic mass is 16.5.